The highest BCUT2D eigenvalue weighted by Crippen LogP contribution is 2.53. The van der Waals surface area contributed by atoms with Gasteiger partial charge in [0, 0.05) is 17.7 Å². The lowest BCUT2D eigenvalue weighted by Gasteiger charge is -2.17. The summed E-state index contributed by atoms with van der Waals surface area (Å²) in [6, 6.07) is 11.0. The lowest BCUT2D eigenvalue weighted by atomic mass is 9.85. The Bertz CT molecular complexity index is 1200. The van der Waals surface area contributed by atoms with Gasteiger partial charge in [0.2, 0.25) is 17.6 Å². The number of nitro groups is 1. The zero-order chi connectivity index (χ0) is 23.3. The molecule has 2 aliphatic carbocycles. The van der Waals surface area contributed by atoms with Crippen LogP contribution in [-0.2, 0) is 14.3 Å². The van der Waals surface area contributed by atoms with Crippen LogP contribution in [0, 0.1) is 33.8 Å². The summed E-state index contributed by atoms with van der Waals surface area (Å²) in [6.07, 6.45) is 4.89. The number of hydrogen-bond acceptors (Lipinski definition) is 7. The molecule has 2 aromatic rings. The number of amides is 2. The minimum absolute atomic E-state index is 0.0624. The molecular weight excluding hydrogens is 428 g/mol. The maximum Gasteiger partial charge on any atom is 0.338 e. The molecule has 0 N–H and O–H groups in total. The zero-order valence-corrected chi connectivity index (χ0v) is 17.2. The van der Waals surface area contributed by atoms with E-state index in [-0.39, 0.29) is 52.3 Å². The summed E-state index contributed by atoms with van der Waals surface area (Å²) in [5, 5.41) is 10.8. The van der Waals surface area contributed by atoms with Gasteiger partial charge in [0.05, 0.1) is 28.0 Å². The number of Topliss-reactive ketones (excluding diaryl/α,β-unsaturated/α-hetero) is 1. The van der Waals surface area contributed by atoms with Crippen LogP contribution in [0.4, 0.5) is 11.4 Å². The predicted molar refractivity (Wildman–Crippen MR) is 114 cm³/mol. The number of rotatable bonds is 6. The van der Waals surface area contributed by atoms with Gasteiger partial charge in [0.1, 0.15) is 0 Å². The van der Waals surface area contributed by atoms with Crippen molar-refractivity contribution in [1.82, 2.24) is 0 Å². The Morgan fingerprint density at radius 2 is 1.61 bits per heavy atom. The number of carbonyl (C=O) groups is 4. The van der Waals surface area contributed by atoms with Crippen LogP contribution >= 0.6 is 0 Å². The molecule has 0 unspecified atom stereocenters. The number of non-ortho nitro benzene ring substituents is 1. The van der Waals surface area contributed by atoms with Crippen LogP contribution in [0.25, 0.3) is 0 Å². The second-order valence-electron chi connectivity index (χ2n) is 8.37. The van der Waals surface area contributed by atoms with Crippen LogP contribution in [0.5, 0.6) is 0 Å². The third kappa shape index (κ3) is 3.42. The highest BCUT2D eigenvalue weighted by Gasteiger charge is 2.59. The second kappa shape index (κ2) is 7.77. The van der Waals surface area contributed by atoms with Gasteiger partial charge in [-0.25, -0.2) is 4.79 Å². The molecule has 2 fully saturated rings. The lowest BCUT2D eigenvalue weighted by molar-refractivity contribution is -0.384. The number of ketones is 1. The SMILES string of the molecule is O=C(COC(=O)c1ccc(N2C(=O)[C@@H]3[C@H](C2=O)[C@H]2C=C[C@H]3C2)cc1)c1cccc([N+](=O)[O-])c1. The summed E-state index contributed by atoms with van der Waals surface area (Å²) in [5.41, 5.74) is 0.365. The molecule has 4 atom stereocenters. The molecule has 5 rings (SSSR count). The van der Waals surface area contributed by atoms with E-state index in [9.17, 15) is 29.3 Å². The molecule has 2 aromatic carbocycles. The summed E-state index contributed by atoms with van der Waals surface area (Å²) >= 11 is 0. The van der Waals surface area contributed by atoms with Gasteiger partial charge in [-0.15, -0.1) is 0 Å². The van der Waals surface area contributed by atoms with Crippen molar-refractivity contribution in [2.45, 2.75) is 6.42 Å². The fourth-order valence-corrected chi connectivity index (χ4v) is 4.99. The first-order valence-electron chi connectivity index (χ1n) is 10.5. The number of nitro benzene ring substituents is 1. The fraction of sp³-hybridized carbons (Fsp3) is 0.250. The maximum absolute atomic E-state index is 12.9. The van der Waals surface area contributed by atoms with Crippen molar-refractivity contribution < 1.29 is 28.8 Å². The predicted octanol–water partition coefficient (Wildman–Crippen LogP) is 2.95. The maximum atomic E-state index is 12.9. The molecule has 2 bridgehead atoms. The number of esters is 1. The summed E-state index contributed by atoms with van der Waals surface area (Å²) in [6.45, 7) is -0.579. The molecule has 1 saturated heterocycles. The second-order valence-corrected chi connectivity index (χ2v) is 8.37. The van der Waals surface area contributed by atoms with Crippen molar-refractivity contribution in [3.05, 3.63) is 81.9 Å². The van der Waals surface area contributed by atoms with E-state index in [0.29, 0.717) is 5.69 Å². The van der Waals surface area contributed by atoms with Crippen molar-refractivity contribution in [1.29, 1.82) is 0 Å². The zero-order valence-electron chi connectivity index (χ0n) is 17.2. The minimum atomic E-state index is -0.765. The van der Waals surface area contributed by atoms with E-state index in [1.807, 2.05) is 12.2 Å². The third-order valence-corrected chi connectivity index (χ3v) is 6.54. The summed E-state index contributed by atoms with van der Waals surface area (Å²) in [4.78, 5) is 61.7. The van der Waals surface area contributed by atoms with Gasteiger partial charge in [-0.05, 0) is 42.5 Å². The van der Waals surface area contributed by atoms with E-state index in [4.69, 9.17) is 4.74 Å². The molecule has 166 valence electrons. The van der Waals surface area contributed by atoms with Crippen molar-refractivity contribution >= 4 is 34.9 Å². The number of imide groups is 1. The van der Waals surface area contributed by atoms with E-state index >= 15 is 0 Å². The number of anilines is 1. The molecule has 1 saturated carbocycles. The molecule has 1 aliphatic heterocycles. The minimum Gasteiger partial charge on any atom is -0.454 e. The number of carbonyl (C=O) groups excluding carboxylic acids is 4. The molecule has 33 heavy (non-hydrogen) atoms. The monoisotopic (exact) mass is 446 g/mol. The van der Waals surface area contributed by atoms with Gasteiger partial charge in [0.15, 0.2) is 6.61 Å². The molecule has 0 radical (unpaired) electrons. The van der Waals surface area contributed by atoms with E-state index < -0.39 is 23.3 Å². The summed E-state index contributed by atoms with van der Waals surface area (Å²) < 4.78 is 5.04. The Balaban J connectivity index is 1.24. The molecular formula is C24H18N2O7. The molecule has 0 aromatic heterocycles. The molecule has 2 amide bonds. The van der Waals surface area contributed by atoms with Crippen LogP contribution < -0.4 is 4.90 Å². The number of fused-ring (bicyclic) bond motifs is 5. The Kier molecular flexibility index (Phi) is 4.88. The van der Waals surface area contributed by atoms with E-state index in [2.05, 4.69) is 0 Å². The van der Waals surface area contributed by atoms with Crippen LogP contribution in [0.3, 0.4) is 0 Å². The quantitative estimate of drug-likeness (QED) is 0.167. The lowest BCUT2D eigenvalue weighted by Crippen LogP contribution is -2.32. The van der Waals surface area contributed by atoms with E-state index in [1.54, 1.807) is 0 Å². The number of nitrogens with zero attached hydrogens (tertiary/aromatic N) is 2. The van der Waals surface area contributed by atoms with Gasteiger partial charge in [-0.1, -0.05) is 24.3 Å². The van der Waals surface area contributed by atoms with Gasteiger partial charge < -0.3 is 4.74 Å². The first-order valence-corrected chi connectivity index (χ1v) is 10.5. The Hall–Kier alpha value is -4.14. The number of allylic oxidation sites excluding steroid dienone is 2. The van der Waals surface area contributed by atoms with Crippen LogP contribution in [0.15, 0.2) is 60.7 Å². The van der Waals surface area contributed by atoms with Crippen molar-refractivity contribution in [3.63, 3.8) is 0 Å². The molecule has 9 nitrogen and oxygen atoms in total. The van der Waals surface area contributed by atoms with Crippen LogP contribution in [0.2, 0.25) is 0 Å². The smallest absolute Gasteiger partial charge is 0.338 e. The third-order valence-electron chi connectivity index (χ3n) is 6.54. The first-order chi connectivity index (χ1) is 15.8. The summed E-state index contributed by atoms with van der Waals surface area (Å²) in [7, 11) is 0. The molecule has 1 heterocycles. The van der Waals surface area contributed by atoms with Crippen molar-refractivity contribution in [3.8, 4) is 0 Å². The van der Waals surface area contributed by atoms with Crippen molar-refractivity contribution in [2.75, 3.05) is 11.5 Å². The standard InChI is InChI=1S/C24H18N2O7/c27-19(14-2-1-3-18(11-14)26(31)32)12-33-24(30)13-6-8-17(9-7-13)25-22(28)20-15-4-5-16(10-15)21(20)23(25)29/h1-9,11,15-16,20-21H,10,12H2/t15-,16-,20-,21+/m0/s1. The first kappa shape index (κ1) is 20.7. The van der Waals surface area contributed by atoms with Gasteiger partial charge >= 0.3 is 5.97 Å². The Labute approximate surface area is 187 Å². The van der Waals surface area contributed by atoms with Crippen LogP contribution in [0.1, 0.15) is 27.1 Å². The Morgan fingerprint density at radius 1 is 0.970 bits per heavy atom. The van der Waals surface area contributed by atoms with Crippen LogP contribution in [-0.4, -0.2) is 35.1 Å². The highest BCUT2D eigenvalue weighted by atomic mass is 16.6. The van der Waals surface area contributed by atoms with Gasteiger partial charge in [-0.2, -0.15) is 0 Å². The number of benzene rings is 2. The van der Waals surface area contributed by atoms with Gasteiger partial charge in [0.25, 0.3) is 5.69 Å². The average molecular weight is 446 g/mol. The topological polar surface area (TPSA) is 124 Å². The van der Waals surface area contributed by atoms with Gasteiger partial charge in [-0.3, -0.25) is 29.4 Å². The van der Waals surface area contributed by atoms with E-state index in [0.717, 1.165) is 12.5 Å². The Morgan fingerprint density at radius 3 is 2.21 bits per heavy atom. The van der Waals surface area contributed by atoms with E-state index in [1.165, 1.54) is 47.4 Å². The average Bonchev–Trinajstić information content (AvgIpc) is 3.51. The molecule has 0 spiro atoms. The fourth-order valence-electron chi connectivity index (χ4n) is 4.99. The van der Waals surface area contributed by atoms with Crippen molar-refractivity contribution in [2.24, 2.45) is 23.7 Å². The largest absolute Gasteiger partial charge is 0.454 e. The highest BCUT2D eigenvalue weighted by molar-refractivity contribution is 6.22. The normalized spacial score (nSPS) is 24.8. The molecule has 9 heteroatoms. The number of hydrogen-bond donors (Lipinski definition) is 0. The molecule has 3 aliphatic rings. The summed E-state index contributed by atoms with van der Waals surface area (Å²) in [5.74, 6) is -2.16. The number of ether oxygens (including phenoxy) is 1.